The number of pyridine rings is 1. The summed E-state index contributed by atoms with van der Waals surface area (Å²) in [7, 11) is 0. The quantitative estimate of drug-likeness (QED) is 0.876. The van der Waals surface area contributed by atoms with E-state index in [4.69, 9.17) is 4.74 Å². The fraction of sp³-hybridized carbons (Fsp3) is 0.429. The number of hydrogen-bond donors (Lipinski definition) is 1. The van der Waals surface area contributed by atoms with E-state index in [2.05, 4.69) is 4.98 Å². The molecule has 1 fully saturated rings. The Kier molecular flexibility index (Phi) is 5.94. The predicted molar refractivity (Wildman–Crippen MR) is 102 cm³/mol. The fourth-order valence-electron chi connectivity index (χ4n) is 3.50. The van der Waals surface area contributed by atoms with E-state index < -0.39 is 0 Å². The van der Waals surface area contributed by atoms with Crippen LogP contribution in [0.25, 0.3) is 0 Å². The highest BCUT2D eigenvalue weighted by Gasteiger charge is 2.26. The van der Waals surface area contributed by atoms with Gasteiger partial charge in [-0.1, -0.05) is 6.92 Å². The number of rotatable bonds is 5. The predicted octanol–water partition coefficient (Wildman–Crippen LogP) is 3.32. The van der Waals surface area contributed by atoms with Gasteiger partial charge in [0.1, 0.15) is 17.1 Å². The van der Waals surface area contributed by atoms with E-state index in [0.29, 0.717) is 25.4 Å². The van der Waals surface area contributed by atoms with Gasteiger partial charge in [0.25, 0.3) is 11.5 Å². The molecule has 1 aromatic carbocycles. The van der Waals surface area contributed by atoms with Crippen molar-refractivity contribution in [3.8, 4) is 5.75 Å². The Balaban J connectivity index is 1.65. The second-order valence-corrected chi connectivity index (χ2v) is 7.05. The highest BCUT2D eigenvalue weighted by Crippen LogP contribution is 2.20. The number of hydrogen-bond acceptors (Lipinski definition) is 3. The van der Waals surface area contributed by atoms with Gasteiger partial charge < -0.3 is 14.6 Å². The van der Waals surface area contributed by atoms with E-state index in [1.807, 2.05) is 13.8 Å². The number of aryl methyl sites for hydroxylation is 2. The van der Waals surface area contributed by atoms with Gasteiger partial charge in [0.05, 0.1) is 6.61 Å². The second-order valence-electron chi connectivity index (χ2n) is 7.05. The van der Waals surface area contributed by atoms with Gasteiger partial charge in [-0.2, -0.15) is 0 Å². The molecule has 1 amide bonds. The molecule has 0 bridgehead atoms. The van der Waals surface area contributed by atoms with Gasteiger partial charge in [-0.15, -0.1) is 0 Å². The third-order valence-corrected chi connectivity index (χ3v) is 5.04. The molecule has 6 heteroatoms. The Morgan fingerprint density at radius 2 is 2.07 bits per heavy atom. The van der Waals surface area contributed by atoms with Crippen LogP contribution in [0.3, 0.4) is 0 Å². The van der Waals surface area contributed by atoms with E-state index in [1.54, 1.807) is 23.1 Å². The van der Waals surface area contributed by atoms with Gasteiger partial charge in [0, 0.05) is 24.7 Å². The first-order valence-electron chi connectivity index (χ1n) is 9.38. The van der Waals surface area contributed by atoms with Crippen LogP contribution < -0.4 is 10.3 Å². The van der Waals surface area contributed by atoms with Crippen LogP contribution in [0, 0.1) is 18.7 Å². The minimum absolute atomic E-state index is 0.183. The minimum atomic E-state index is -0.327. The average Bonchev–Trinajstić information content (AvgIpc) is 2.68. The van der Waals surface area contributed by atoms with Gasteiger partial charge in [-0.05, 0) is 62.1 Å². The molecule has 1 saturated heterocycles. The van der Waals surface area contributed by atoms with Crippen LogP contribution in [-0.4, -0.2) is 35.5 Å². The molecule has 0 unspecified atom stereocenters. The number of ether oxygens (including phenoxy) is 1. The standard InChI is InChI=1S/C21H25FN2O3/c1-3-19-14(2)11-18(20(25)23-19)21(26)24-10-4-5-15(12-24)13-27-17-8-6-16(22)7-9-17/h6-9,11,15H,3-5,10,12-13H2,1-2H3,(H,23,25)/t15-/m1/s1. The molecule has 0 aliphatic carbocycles. The Morgan fingerprint density at radius 3 is 2.78 bits per heavy atom. The summed E-state index contributed by atoms with van der Waals surface area (Å²) < 4.78 is 18.7. The van der Waals surface area contributed by atoms with Crippen molar-refractivity contribution >= 4 is 5.91 Å². The van der Waals surface area contributed by atoms with Gasteiger partial charge in [-0.25, -0.2) is 4.39 Å². The van der Waals surface area contributed by atoms with Crippen molar-refractivity contribution in [2.24, 2.45) is 5.92 Å². The lowest BCUT2D eigenvalue weighted by molar-refractivity contribution is 0.0631. The maximum absolute atomic E-state index is 13.0. The number of carbonyl (C=O) groups excluding carboxylic acids is 1. The molecule has 1 aliphatic rings. The third-order valence-electron chi connectivity index (χ3n) is 5.04. The van der Waals surface area contributed by atoms with Crippen LogP contribution in [0.4, 0.5) is 4.39 Å². The number of amides is 1. The molecular weight excluding hydrogens is 347 g/mol. The number of nitrogens with zero attached hydrogens (tertiary/aromatic N) is 1. The second kappa shape index (κ2) is 8.37. The first-order valence-corrected chi connectivity index (χ1v) is 9.38. The summed E-state index contributed by atoms with van der Waals surface area (Å²) in [5.41, 5.74) is 1.66. The minimum Gasteiger partial charge on any atom is -0.493 e. The number of H-pyrrole nitrogens is 1. The number of aromatic amines is 1. The number of carbonyl (C=O) groups is 1. The van der Waals surface area contributed by atoms with Crippen LogP contribution in [0.2, 0.25) is 0 Å². The Bertz CT molecular complexity index is 861. The molecule has 1 N–H and O–H groups in total. The summed E-state index contributed by atoms with van der Waals surface area (Å²) in [6, 6.07) is 7.61. The van der Waals surface area contributed by atoms with Crippen LogP contribution >= 0.6 is 0 Å². The average molecular weight is 372 g/mol. The molecule has 0 saturated carbocycles. The molecule has 0 spiro atoms. The Hall–Kier alpha value is -2.63. The van der Waals surface area contributed by atoms with Crippen molar-refractivity contribution in [3.05, 3.63) is 63.3 Å². The summed E-state index contributed by atoms with van der Waals surface area (Å²) in [5, 5.41) is 0. The van der Waals surface area contributed by atoms with Crippen molar-refractivity contribution in [1.82, 2.24) is 9.88 Å². The van der Waals surface area contributed by atoms with E-state index in [9.17, 15) is 14.0 Å². The first-order chi connectivity index (χ1) is 13.0. The Morgan fingerprint density at radius 1 is 1.33 bits per heavy atom. The van der Waals surface area contributed by atoms with Crippen LogP contribution in [0.1, 0.15) is 41.4 Å². The summed E-state index contributed by atoms with van der Waals surface area (Å²) in [6.07, 6.45) is 2.55. The topological polar surface area (TPSA) is 62.4 Å². The summed E-state index contributed by atoms with van der Waals surface area (Å²) >= 11 is 0. The van der Waals surface area contributed by atoms with Crippen molar-refractivity contribution in [1.29, 1.82) is 0 Å². The van der Waals surface area contributed by atoms with E-state index in [0.717, 1.165) is 30.5 Å². The molecule has 2 heterocycles. The summed E-state index contributed by atoms with van der Waals surface area (Å²) in [5.74, 6) is 0.268. The molecule has 2 aromatic rings. The first kappa shape index (κ1) is 19.1. The van der Waals surface area contributed by atoms with E-state index >= 15 is 0 Å². The Labute approximate surface area is 158 Å². The molecular formula is C21H25FN2O3. The van der Waals surface area contributed by atoms with Gasteiger partial charge in [0.2, 0.25) is 0 Å². The lowest BCUT2D eigenvalue weighted by Crippen LogP contribution is -2.43. The number of aromatic nitrogens is 1. The fourth-order valence-corrected chi connectivity index (χ4v) is 3.50. The lowest BCUT2D eigenvalue weighted by atomic mass is 9.98. The number of likely N-dealkylation sites (tertiary alicyclic amines) is 1. The number of halogens is 1. The molecule has 1 aromatic heterocycles. The number of nitrogens with one attached hydrogen (secondary N) is 1. The summed E-state index contributed by atoms with van der Waals surface area (Å²) in [4.78, 5) is 29.7. The third kappa shape index (κ3) is 4.56. The molecule has 0 radical (unpaired) electrons. The molecule has 144 valence electrons. The van der Waals surface area contributed by atoms with Crippen LogP contribution in [0.15, 0.2) is 35.1 Å². The number of benzene rings is 1. The largest absolute Gasteiger partial charge is 0.493 e. The SMILES string of the molecule is CCc1[nH]c(=O)c(C(=O)N2CCC[C@@H](COc3ccc(F)cc3)C2)cc1C. The van der Waals surface area contributed by atoms with E-state index in [-0.39, 0.29) is 28.8 Å². The van der Waals surface area contributed by atoms with Crippen LogP contribution in [0.5, 0.6) is 5.75 Å². The molecule has 5 nitrogen and oxygen atoms in total. The van der Waals surface area contributed by atoms with Crippen molar-refractivity contribution in [2.75, 3.05) is 19.7 Å². The zero-order valence-electron chi connectivity index (χ0n) is 15.8. The van der Waals surface area contributed by atoms with Crippen molar-refractivity contribution < 1.29 is 13.9 Å². The zero-order chi connectivity index (χ0) is 19.4. The van der Waals surface area contributed by atoms with Gasteiger partial charge in [-0.3, -0.25) is 9.59 Å². The van der Waals surface area contributed by atoms with Gasteiger partial charge >= 0.3 is 0 Å². The maximum atomic E-state index is 13.0. The summed E-state index contributed by atoms with van der Waals surface area (Å²) in [6.45, 7) is 5.52. The molecule has 1 atom stereocenters. The normalized spacial score (nSPS) is 17.0. The highest BCUT2D eigenvalue weighted by atomic mass is 19.1. The van der Waals surface area contributed by atoms with Gasteiger partial charge in [0.15, 0.2) is 0 Å². The monoisotopic (exact) mass is 372 g/mol. The zero-order valence-corrected chi connectivity index (χ0v) is 15.8. The molecule has 1 aliphatic heterocycles. The van der Waals surface area contributed by atoms with E-state index in [1.165, 1.54) is 12.1 Å². The van der Waals surface area contributed by atoms with Crippen molar-refractivity contribution in [3.63, 3.8) is 0 Å². The smallest absolute Gasteiger partial charge is 0.261 e. The lowest BCUT2D eigenvalue weighted by Gasteiger charge is -2.32. The molecule has 27 heavy (non-hydrogen) atoms. The molecule has 3 rings (SSSR count). The number of piperidine rings is 1. The maximum Gasteiger partial charge on any atom is 0.261 e. The van der Waals surface area contributed by atoms with Crippen molar-refractivity contribution in [2.45, 2.75) is 33.1 Å². The highest BCUT2D eigenvalue weighted by molar-refractivity contribution is 5.94. The van der Waals surface area contributed by atoms with Crippen LogP contribution in [-0.2, 0) is 6.42 Å².